The summed E-state index contributed by atoms with van der Waals surface area (Å²) < 4.78 is 12.5. The molecule has 7 nitrogen and oxygen atoms in total. The van der Waals surface area contributed by atoms with E-state index < -0.39 is 0 Å². The molecule has 4 rings (SSSR count). The van der Waals surface area contributed by atoms with Gasteiger partial charge in [-0.3, -0.25) is 5.10 Å². The van der Waals surface area contributed by atoms with Gasteiger partial charge in [0.2, 0.25) is 5.95 Å². The summed E-state index contributed by atoms with van der Waals surface area (Å²) in [6.45, 7) is 0.628. The second-order valence-electron chi connectivity index (χ2n) is 5.50. The van der Waals surface area contributed by atoms with Crippen molar-refractivity contribution in [2.24, 2.45) is 0 Å². The van der Waals surface area contributed by atoms with Crippen molar-refractivity contribution in [3.05, 3.63) is 47.0 Å². The Morgan fingerprint density at radius 3 is 2.52 bits per heavy atom. The largest absolute Gasteiger partial charge is 0.493 e. The molecule has 2 N–H and O–H groups in total. The maximum atomic E-state index is 5.90. The summed E-state index contributed by atoms with van der Waals surface area (Å²) in [7, 11) is 3.20. The normalized spacial score (nSPS) is 11.2. The smallest absolute Gasteiger partial charge is 0.253 e. The van der Waals surface area contributed by atoms with Crippen LogP contribution in [0.4, 0.5) is 5.95 Å². The Hall–Kier alpha value is -2.93. The van der Waals surface area contributed by atoms with Gasteiger partial charge in [0.05, 0.1) is 25.3 Å². The molecule has 0 fully saturated rings. The highest BCUT2D eigenvalue weighted by atomic mass is 35.5. The number of rotatable bonds is 5. The van der Waals surface area contributed by atoms with Crippen LogP contribution in [-0.4, -0.2) is 33.8 Å². The summed E-state index contributed by atoms with van der Waals surface area (Å²) in [6, 6.07) is 11.4. The van der Waals surface area contributed by atoms with Crippen LogP contribution in [0.1, 0.15) is 5.56 Å². The van der Waals surface area contributed by atoms with Gasteiger partial charge >= 0.3 is 0 Å². The van der Waals surface area contributed by atoms with Gasteiger partial charge in [-0.1, -0.05) is 23.7 Å². The number of nitrogens with zero attached hydrogens (tertiary/aromatic N) is 3. The molecular weight excluding hydrogens is 342 g/mol. The van der Waals surface area contributed by atoms with E-state index in [2.05, 4.69) is 20.4 Å². The van der Waals surface area contributed by atoms with Crippen LogP contribution in [0.3, 0.4) is 0 Å². The zero-order valence-corrected chi connectivity index (χ0v) is 14.5. The fraction of sp³-hybridized carbons (Fsp3) is 0.176. The number of methoxy groups -OCH3 is 2. The molecule has 0 spiro atoms. The van der Waals surface area contributed by atoms with E-state index in [4.69, 9.17) is 21.1 Å². The maximum absolute atomic E-state index is 5.90. The molecule has 0 aliphatic heterocycles. The number of imidazole rings is 1. The fourth-order valence-electron chi connectivity index (χ4n) is 2.67. The zero-order chi connectivity index (χ0) is 17.4. The van der Waals surface area contributed by atoms with Gasteiger partial charge in [-0.05, 0) is 17.7 Å². The van der Waals surface area contributed by atoms with Crippen molar-refractivity contribution in [3.8, 4) is 11.5 Å². The summed E-state index contributed by atoms with van der Waals surface area (Å²) in [5, 5.41) is 7.16. The van der Waals surface area contributed by atoms with Gasteiger partial charge in [0.25, 0.3) is 5.78 Å². The predicted octanol–water partition coefficient (Wildman–Crippen LogP) is 3.49. The minimum atomic E-state index is 0.573. The fourth-order valence-corrected chi connectivity index (χ4v) is 2.80. The van der Waals surface area contributed by atoms with E-state index in [0.717, 1.165) is 21.6 Å². The molecule has 0 bridgehead atoms. The average molecular weight is 358 g/mol. The molecule has 128 valence electrons. The van der Waals surface area contributed by atoms with Crippen LogP contribution in [0.2, 0.25) is 5.02 Å². The van der Waals surface area contributed by atoms with Gasteiger partial charge in [-0.25, -0.2) is 9.50 Å². The first-order valence-electron chi connectivity index (χ1n) is 7.66. The molecule has 0 saturated heterocycles. The Labute approximate surface area is 148 Å². The van der Waals surface area contributed by atoms with Crippen LogP contribution in [0.25, 0.3) is 16.8 Å². The van der Waals surface area contributed by atoms with Gasteiger partial charge in [0, 0.05) is 23.7 Å². The van der Waals surface area contributed by atoms with Crippen molar-refractivity contribution < 1.29 is 9.47 Å². The number of H-pyrrole nitrogens is 1. The first-order valence-corrected chi connectivity index (χ1v) is 8.04. The highest BCUT2D eigenvalue weighted by Crippen LogP contribution is 2.32. The van der Waals surface area contributed by atoms with Gasteiger partial charge in [0.1, 0.15) is 0 Å². The van der Waals surface area contributed by atoms with E-state index in [1.54, 1.807) is 14.2 Å². The molecular formula is C17H16ClN5O2. The number of halogens is 1. The van der Waals surface area contributed by atoms with Crippen molar-refractivity contribution >= 4 is 34.4 Å². The average Bonchev–Trinajstić information content (AvgIpc) is 3.17. The van der Waals surface area contributed by atoms with E-state index in [0.29, 0.717) is 29.8 Å². The SMILES string of the molecule is COc1cc2nc3nc(NCc4ccc(Cl)cc4)[nH]n3c2cc1OC. The third kappa shape index (κ3) is 2.83. The van der Waals surface area contributed by atoms with Crippen molar-refractivity contribution in [3.63, 3.8) is 0 Å². The van der Waals surface area contributed by atoms with Gasteiger partial charge < -0.3 is 14.8 Å². The topological polar surface area (TPSA) is 76.5 Å². The second-order valence-corrected chi connectivity index (χ2v) is 5.93. The molecule has 25 heavy (non-hydrogen) atoms. The number of hydrogen-bond acceptors (Lipinski definition) is 5. The summed E-state index contributed by atoms with van der Waals surface area (Å²) in [6.07, 6.45) is 0. The lowest BCUT2D eigenvalue weighted by Gasteiger charge is -2.06. The Kier molecular flexibility index (Phi) is 3.85. The van der Waals surface area contributed by atoms with Crippen LogP contribution >= 0.6 is 11.6 Å². The van der Waals surface area contributed by atoms with Crippen molar-refractivity contribution in [2.75, 3.05) is 19.5 Å². The molecule has 0 aliphatic carbocycles. The Balaban J connectivity index is 1.64. The van der Waals surface area contributed by atoms with Crippen molar-refractivity contribution in [1.29, 1.82) is 0 Å². The molecule has 0 radical (unpaired) electrons. The first-order chi connectivity index (χ1) is 12.2. The highest BCUT2D eigenvalue weighted by molar-refractivity contribution is 6.30. The van der Waals surface area contributed by atoms with E-state index in [1.807, 2.05) is 40.9 Å². The lowest BCUT2D eigenvalue weighted by Crippen LogP contribution is -2.01. The third-order valence-corrected chi connectivity index (χ3v) is 4.20. The zero-order valence-electron chi connectivity index (χ0n) is 13.7. The summed E-state index contributed by atoms with van der Waals surface area (Å²) in [4.78, 5) is 8.99. The van der Waals surface area contributed by atoms with Crippen LogP contribution < -0.4 is 14.8 Å². The predicted molar refractivity (Wildman–Crippen MR) is 96.7 cm³/mol. The number of fused-ring (bicyclic) bond motifs is 3. The van der Waals surface area contributed by atoms with E-state index in [-0.39, 0.29) is 0 Å². The molecule has 8 heteroatoms. The number of hydrogen-bond donors (Lipinski definition) is 2. The van der Waals surface area contributed by atoms with E-state index >= 15 is 0 Å². The summed E-state index contributed by atoms with van der Waals surface area (Å²) >= 11 is 5.90. The molecule has 0 aliphatic rings. The van der Waals surface area contributed by atoms with Gasteiger partial charge in [0.15, 0.2) is 11.5 Å². The van der Waals surface area contributed by atoms with Crippen LogP contribution in [0, 0.1) is 0 Å². The van der Waals surface area contributed by atoms with Gasteiger partial charge in [-0.15, -0.1) is 0 Å². The second kappa shape index (κ2) is 6.18. The quantitative estimate of drug-likeness (QED) is 0.571. The summed E-state index contributed by atoms with van der Waals surface area (Å²) in [5.41, 5.74) is 2.75. The maximum Gasteiger partial charge on any atom is 0.253 e. The molecule has 2 aromatic carbocycles. The molecule has 0 amide bonds. The number of nitrogens with one attached hydrogen (secondary N) is 2. The molecule has 2 aromatic heterocycles. The van der Waals surface area contributed by atoms with E-state index in [9.17, 15) is 0 Å². The highest BCUT2D eigenvalue weighted by Gasteiger charge is 2.14. The molecule has 0 atom stereocenters. The Bertz CT molecular complexity index is 1040. The number of ether oxygens (including phenoxy) is 2. The molecule has 0 unspecified atom stereocenters. The number of aromatic amines is 1. The van der Waals surface area contributed by atoms with Crippen LogP contribution in [0.15, 0.2) is 36.4 Å². The minimum Gasteiger partial charge on any atom is -0.493 e. The lowest BCUT2D eigenvalue weighted by molar-refractivity contribution is 0.355. The van der Waals surface area contributed by atoms with Crippen molar-refractivity contribution in [2.45, 2.75) is 6.54 Å². The number of aromatic nitrogens is 4. The Morgan fingerprint density at radius 2 is 1.80 bits per heavy atom. The molecule has 2 heterocycles. The third-order valence-electron chi connectivity index (χ3n) is 3.94. The standard InChI is InChI=1S/C17H16ClN5O2/c1-24-14-7-12-13(8-15(14)25-2)23-17(20-12)21-16(22-23)19-9-10-3-5-11(18)6-4-10/h3-8H,9H2,1-2H3,(H2,19,20,21,22). The van der Waals surface area contributed by atoms with Crippen LogP contribution in [-0.2, 0) is 6.54 Å². The van der Waals surface area contributed by atoms with Gasteiger partial charge in [-0.2, -0.15) is 4.98 Å². The van der Waals surface area contributed by atoms with E-state index in [1.165, 1.54) is 0 Å². The molecule has 4 aromatic rings. The van der Waals surface area contributed by atoms with Crippen LogP contribution in [0.5, 0.6) is 11.5 Å². The monoisotopic (exact) mass is 357 g/mol. The number of anilines is 1. The lowest BCUT2D eigenvalue weighted by atomic mass is 10.2. The summed E-state index contributed by atoms with van der Waals surface area (Å²) in [5.74, 6) is 2.48. The Morgan fingerprint density at radius 1 is 1.08 bits per heavy atom. The number of benzene rings is 2. The minimum absolute atomic E-state index is 0.573. The van der Waals surface area contributed by atoms with Crippen molar-refractivity contribution in [1.82, 2.24) is 19.6 Å². The molecule has 0 saturated carbocycles. The first kappa shape index (κ1) is 15.6.